The number of imidazole rings is 1. The Kier molecular flexibility index (Phi) is 8.79. The summed E-state index contributed by atoms with van der Waals surface area (Å²) in [5, 5.41) is 3.00. The SMILES string of the molecule is C/C=C/c1ccc(OCCCCn2c(CNC(=O)c3ccc(Br)cc3)nc3ccccc32)c(OC)c1. The van der Waals surface area contributed by atoms with E-state index in [1.54, 1.807) is 19.2 Å². The minimum absolute atomic E-state index is 0.121. The minimum Gasteiger partial charge on any atom is -0.493 e. The van der Waals surface area contributed by atoms with Crippen LogP contribution in [0.2, 0.25) is 0 Å². The number of amides is 1. The van der Waals surface area contributed by atoms with Gasteiger partial charge in [-0.2, -0.15) is 0 Å². The number of aromatic nitrogens is 2. The quantitative estimate of drug-likeness (QED) is 0.214. The summed E-state index contributed by atoms with van der Waals surface area (Å²) in [4.78, 5) is 17.4. The molecule has 0 atom stereocenters. The van der Waals surface area contributed by atoms with Gasteiger partial charge in [0, 0.05) is 16.6 Å². The maximum absolute atomic E-state index is 12.6. The van der Waals surface area contributed by atoms with Crippen LogP contribution in [0.25, 0.3) is 17.1 Å². The lowest BCUT2D eigenvalue weighted by Gasteiger charge is -2.13. The molecular formula is C29H30BrN3O3. The van der Waals surface area contributed by atoms with E-state index in [1.807, 2.05) is 67.6 Å². The van der Waals surface area contributed by atoms with Crippen molar-refractivity contribution in [1.82, 2.24) is 14.9 Å². The highest BCUT2D eigenvalue weighted by Crippen LogP contribution is 2.29. The maximum Gasteiger partial charge on any atom is 0.251 e. The second kappa shape index (κ2) is 12.4. The predicted octanol–water partition coefficient (Wildman–Crippen LogP) is 6.63. The molecule has 0 unspecified atom stereocenters. The molecule has 0 saturated heterocycles. The molecule has 1 N–H and O–H groups in total. The van der Waals surface area contributed by atoms with Gasteiger partial charge in [0.15, 0.2) is 11.5 Å². The van der Waals surface area contributed by atoms with Crippen molar-refractivity contribution in [3.8, 4) is 11.5 Å². The molecule has 0 spiro atoms. The van der Waals surface area contributed by atoms with Crippen molar-refractivity contribution in [3.05, 3.63) is 94.2 Å². The fourth-order valence-electron chi connectivity index (χ4n) is 4.03. The number of halogens is 1. The Labute approximate surface area is 220 Å². The van der Waals surface area contributed by atoms with E-state index in [1.165, 1.54) is 0 Å². The number of carbonyl (C=O) groups excluding carboxylic acids is 1. The first kappa shape index (κ1) is 25.5. The van der Waals surface area contributed by atoms with Crippen LogP contribution < -0.4 is 14.8 Å². The van der Waals surface area contributed by atoms with Gasteiger partial charge in [0.05, 0.1) is 31.3 Å². The van der Waals surface area contributed by atoms with Crippen LogP contribution in [0.1, 0.15) is 41.5 Å². The number of ether oxygens (including phenoxy) is 2. The average molecular weight is 548 g/mol. The molecule has 36 heavy (non-hydrogen) atoms. The van der Waals surface area contributed by atoms with Crippen LogP contribution in [-0.4, -0.2) is 29.2 Å². The zero-order valence-corrected chi connectivity index (χ0v) is 22.1. The van der Waals surface area contributed by atoms with Gasteiger partial charge in [-0.25, -0.2) is 4.98 Å². The number of para-hydroxylation sites is 2. The number of allylic oxidation sites excluding steroid dienone is 1. The number of carbonyl (C=O) groups is 1. The largest absolute Gasteiger partial charge is 0.493 e. The fraction of sp³-hybridized carbons (Fsp3) is 0.241. The summed E-state index contributed by atoms with van der Waals surface area (Å²) in [7, 11) is 1.66. The van der Waals surface area contributed by atoms with Crippen molar-refractivity contribution >= 4 is 38.9 Å². The Morgan fingerprint density at radius 1 is 1.06 bits per heavy atom. The third kappa shape index (κ3) is 6.34. The Bertz CT molecular complexity index is 1350. The highest BCUT2D eigenvalue weighted by atomic mass is 79.9. The van der Waals surface area contributed by atoms with Crippen LogP contribution >= 0.6 is 15.9 Å². The third-order valence-electron chi connectivity index (χ3n) is 5.83. The van der Waals surface area contributed by atoms with Crippen molar-refractivity contribution in [3.63, 3.8) is 0 Å². The van der Waals surface area contributed by atoms with Gasteiger partial charge in [-0.05, 0) is 73.9 Å². The standard InChI is InChI=1S/C29H30BrN3O3/c1-3-8-21-11-16-26(27(19-21)35-2)36-18-7-6-17-33-25-10-5-4-9-24(25)32-28(33)20-31-29(34)22-12-14-23(30)15-13-22/h3-5,8-16,19H,6-7,17-18,20H2,1-2H3,(H,31,34)/b8-3+. The monoisotopic (exact) mass is 547 g/mol. The van der Waals surface area contributed by atoms with Crippen molar-refractivity contribution in [2.45, 2.75) is 32.9 Å². The predicted molar refractivity (Wildman–Crippen MR) is 147 cm³/mol. The van der Waals surface area contributed by atoms with Gasteiger partial charge >= 0.3 is 0 Å². The smallest absolute Gasteiger partial charge is 0.251 e. The molecule has 0 aliphatic rings. The summed E-state index contributed by atoms with van der Waals surface area (Å²) >= 11 is 3.40. The van der Waals surface area contributed by atoms with Gasteiger partial charge in [0.25, 0.3) is 5.91 Å². The molecule has 6 nitrogen and oxygen atoms in total. The summed E-state index contributed by atoms with van der Waals surface area (Å²) < 4.78 is 14.6. The molecule has 0 aliphatic carbocycles. The molecule has 0 radical (unpaired) electrons. The lowest BCUT2D eigenvalue weighted by molar-refractivity contribution is 0.0949. The lowest BCUT2D eigenvalue weighted by Crippen LogP contribution is -2.24. The molecule has 3 aromatic carbocycles. The summed E-state index contributed by atoms with van der Waals surface area (Å²) in [5.41, 5.74) is 3.68. The molecule has 4 aromatic rings. The topological polar surface area (TPSA) is 65.4 Å². The zero-order chi connectivity index (χ0) is 25.3. The number of benzene rings is 3. The van der Waals surface area contributed by atoms with Crippen molar-refractivity contribution in [2.75, 3.05) is 13.7 Å². The second-order valence-corrected chi connectivity index (χ2v) is 9.24. The van der Waals surface area contributed by atoms with Gasteiger partial charge in [0.2, 0.25) is 0 Å². The van der Waals surface area contributed by atoms with Crippen LogP contribution in [-0.2, 0) is 13.1 Å². The third-order valence-corrected chi connectivity index (χ3v) is 6.36. The highest BCUT2D eigenvalue weighted by Gasteiger charge is 2.13. The first-order valence-electron chi connectivity index (χ1n) is 12.0. The number of fused-ring (bicyclic) bond motifs is 1. The van der Waals surface area contributed by atoms with E-state index < -0.39 is 0 Å². The first-order valence-corrected chi connectivity index (χ1v) is 12.8. The number of hydrogen-bond acceptors (Lipinski definition) is 4. The molecule has 0 aliphatic heterocycles. The van der Waals surface area contributed by atoms with Crippen LogP contribution in [0.4, 0.5) is 0 Å². The number of nitrogens with one attached hydrogen (secondary N) is 1. The van der Waals surface area contributed by atoms with E-state index in [0.29, 0.717) is 18.7 Å². The summed E-state index contributed by atoms with van der Waals surface area (Å²) in [6.07, 6.45) is 5.81. The normalized spacial score (nSPS) is 11.2. The Morgan fingerprint density at radius 3 is 2.64 bits per heavy atom. The highest BCUT2D eigenvalue weighted by molar-refractivity contribution is 9.10. The van der Waals surface area contributed by atoms with Crippen LogP contribution in [0.15, 0.2) is 77.3 Å². The Morgan fingerprint density at radius 2 is 1.86 bits per heavy atom. The number of methoxy groups -OCH3 is 1. The summed E-state index contributed by atoms with van der Waals surface area (Å²) in [5.74, 6) is 2.19. The van der Waals surface area contributed by atoms with Gasteiger partial charge in [0.1, 0.15) is 5.82 Å². The summed E-state index contributed by atoms with van der Waals surface area (Å²) in [6, 6.07) is 21.3. The maximum atomic E-state index is 12.6. The number of nitrogens with zero attached hydrogens (tertiary/aromatic N) is 2. The van der Waals surface area contributed by atoms with E-state index in [-0.39, 0.29) is 5.91 Å². The molecule has 7 heteroatoms. The van der Waals surface area contributed by atoms with Crippen molar-refractivity contribution in [2.24, 2.45) is 0 Å². The van der Waals surface area contributed by atoms with Crippen LogP contribution in [0, 0.1) is 0 Å². The van der Waals surface area contributed by atoms with E-state index in [9.17, 15) is 4.79 Å². The molecule has 1 heterocycles. The molecular weight excluding hydrogens is 518 g/mol. The molecule has 0 saturated carbocycles. The van der Waals surface area contributed by atoms with Crippen LogP contribution in [0.3, 0.4) is 0 Å². The minimum atomic E-state index is -0.121. The van der Waals surface area contributed by atoms with E-state index >= 15 is 0 Å². The zero-order valence-electron chi connectivity index (χ0n) is 20.5. The van der Waals surface area contributed by atoms with Gasteiger partial charge < -0.3 is 19.4 Å². The number of unbranched alkanes of at least 4 members (excludes halogenated alkanes) is 1. The molecule has 186 valence electrons. The first-order chi connectivity index (χ1) is 17.6. The van der Waals surface area contributed by atoms with Crippen molar-refractivity contribution in [1.29, 1.82) is 0 Å². The number of rotatable bonds is 11. The van der Waals surface area contributed by atoms with Gasteiger partial charge in [-0.3, -0.25) is 4.79 Å². The molecule has 1 amide bonds. The van der Waals surface area contributed by atoms with E-state index in [4.69, 9.17) is 14.5 Å². The second-order valence-electron chi connectivity index (χ2n) is 8.32. The van der Waals surface area contributed by atoms with E-state index in [2.05, 4.69) is 31.9 Å². The fourth-order valence-corrected chi connectivity index (χ4v) is 4.29. The van der Waals surface area contributed by atoms with Crippen molar-refractivity contribution < 1.29 is 14.3 Å². The van der Waals surface area contributed by atoms with Gasteiger partial charge in [-0.1, -0.05) is 46.3 Å². The average Bonchev–Trinajstić information content (AvgIpc) is 3.25. The Hall–Kier alpha value is -3.58. The van der Waals surface area contributed by atoms with Gasteiger partial charge in [-0.15, -0.1) is 0 Å². The number of aryl methyl sites for hydroxylation is 1. The molecule has 4 rings (SSSR count). The Balaban J connectivity index is 1.36. The summed E-state index contributed by atoms with van der Waals surface area (Å²) in [6.45, 7) is 3.71. The van der Waals surface area contributed by atoms with E-state index in [0.717, 1.165) is 57.8 Å². The molecule has 0 bridgehead atoms. The molecule has 0 fully saturated rings. The number of hydrogen-bond donors (Lipinski definition) is 1. The molecule has 1 aromatic heterocycles. The van der Waals surface area contributed by atoms with Crippen LogP contribution in [0.5, 0.6) is 11.5 Å². The lowest BCUT2D eigenvalue weighted by atomic mass is 10.2.